The molecule has 2 atom stereocenters. The molecule has 0 saturated carbocycles. The molecule has 0 spiro atoms. The third-order valence-corrected chi connectivity index (χ3v) is 6.01. The number of esters is 2. The highest BCUT2D eigenvalue weighted by Gasteiger charge is 2.32. The molecular weight excluding hydrogens is 340 g/mol. The largest absolute Gasteiger partial charge is 0.465 e. The number of unbranched alkanes of at least 4 members (excludes halogenated alkanes) is 2. The summed E-state index contributed by atoms with van der Waals surface area (Å²) in [6.07, 6.45) is 9.33. The number of carbonyl (C=O) groups excluding carboxylic acids is 2. The molecule has 0 aliphatic rings. The fourth-order valence-corrected chi connectivity index (χ4v) is 3.26. The van der Waals surface area contributed by atoms with Gasteiger partial charge < -0.3 is 9.47 Å². The SMILES string of the molecule is CCCCC(CC)C(=O)OCC(CC)(CC)COC(=O)C(CC)CCCC. The molecule has 0 aromatic rings. The zero-order valence-corrected chi connectivity index (χ0v) is 18.8. The lowest BCUT2D eigenvalue weighted by Gasteiger charge is -2.31. The monoisotopic (exact) mass is 384 g/mol. The third kappa shape index (κ3) is 9.62. The zero-order chi connectivity index (χ0) is 20.7. The molecule has 27 heavy (non-hydrogen) atoms. The van der Waals surface area contributed by atoms with Crippen LogP contribution in [0.1, 0.15) is 106 Å². The number of carbonyl (C=O) groups is 2. The van der Waals surface area contributed by atoms with Crippen LogP contribution in [-0.2, 0) is 19.1 Å². The fraction of sp³-hybridized carbons (Fsp3) is 0.913. The lowest BCUT2D eigenvalue weighted by Crippen LogP contribution is -2.35. The Kier molecular flexibility index (Phi) is 14.3. The molecule has 0 heterocycles. The fourth-order valence-electron chi connectivity index (χ4n) is 3.26. The number of hydrogen-bond donors (Lipinski definition) is 0. The van der Waals surface area contributed by atoms with E-state index in [1.165, 1.54) is 0 Å². The average Bonchev–Trinajstić information content (AvgIpc) is 2.69. The van der Waals surface area contributed by atoms with Crippen molar-refractivity contribution in [2.45, 2.75) is 106 Å². The average molecular weight is 385 g/mol. The van der Waals surface area contributed by atoms with Gasteiger partial charge in [0.2, 0.25) is 0 Å². The first-order valence-corrected chi connectivity index (χ1v) is 11.3. The summed E-state index contributed by atoms with van der Waals surface area (Å²) in [5, 5.41) is 0. The minimum atomic E-state index is -0.280. The third-order valence-electron chi connectivity index (χ3n) is 6.01. The van der Waals surface area contributed by atoms with Crippen molar-refractivity contribution in [1.29, 1.82) is 0 Å². The van der Waals surface area contributed by atoms with Crippen molar-refractivity contribution in [3.8, 4) is 0 Å². The van der Waals surface area contributed by atoms with Crippen LogP contribution in [0.25, 0.3) is 0 Å². The second-order valence-electron chi connectivity index (χ2n) is 7.92. The lowest BCUT2D eigenvalue weighted by atomic mass is 9.84. The molecule has 0 saturated heterocycles. The molecule has 4 nitrogen and oxygen atoms in total. The first kappa shape index (κ1) is 25.9. The predicted molar refractivity (Wildman–Crippen MR) is 112 cm³/mol. The highest BCUT2D eigenvalue weighted by Crippen LogP contribution is 2.29. The van der Waals surface area contributed by atoms with Crippen LogP contribution >= 0.6 is 0 Å². The summed E-state index contributed by atoms with van der Waals surface area (Å²) in [5.41, 5.74) is -0.280. The van der Waals surface area contributed by atoms with E-state index in [1.54, 1.807) is 0 Å². The van der Waals surface area contributed by atoms with Crippen molar-refractivity contribution in [2.75, 3.05) is 13.2 Å². The maximum Gasteiger partial charge on any atom is 0.308 e. The van der Waals surface area contributed by atoms with Gasteiger partial charge in [0.15, 0.2) is 0 Å². The van der Waals surface area contributed by atoms with E-state index in [9.17, 15) is 9.59 Å². The number of rotatable bonds is 16. The topological polar surface area (TPSA) is 52.6 Å². The Balaban J connectivity index is 4.73. The summed E-state index contributed by atoms with van der Waals surface area (Å²) in [6, 6.07) is 0. The van der Waals surface area contributed by atoms with Crippen LogP contribution in [0, 0.1) is 17.3 Å². The molecular formula is C23H44O4. The van der Waals surface area contributed by atoms with E-state index >= 15 is 0 Å². The van der Waals surface area contributed by atoms with Gasteiger partial charge in [0.05, 0.1) is 11.8 Å². The molecule has 0 fully saturated rings. The van der Waals surface area contributed by atoms with Crippen LogP contribution in [0.3, 0.4) is 0 Å². The van der Waals surface area contributed by atoms with E-state index < -0.39 is 0 Å². The second-order valence-corrected chi connectivity index (χ2v) is 7.92. The molecule has 0 rings (SSSR count). The van der Waals surface area contributed by atoms with Gasteiger partial charge in [-0.05, 0) is 38.5 Å². The molecule has 0 aromatic heterocycles. The van der Waals surface area contributed by atoms with E-state index in [0.717, 1.165) is 64.2 Å². The van der Waals surface area contributed by atoms with Crippen LogP contribution in [0.4, 0.5) is 0 Å². The second kappa shape index (κ2) is 14.9. The minimum Gasteiger partial charge on any atom is -0.465 e. The molecule has 2 unspecified atom stereocenters. The van der Waals surface area contributed by atoms with E-state index in [-0.39, 0.29) is 29.2 Å². The van der Waals surface area contributed by atoms with E-state index in [4.69, 9.17) is 9.47 Å². The van der Waals surface area contributed by atoms with Crippen LogP contribution in [0.15, 0.2) is 0 Å². The van der Waals surface area contributed by atoms with Gasteiger partial charge >= 0.3 is 11.9 Å². The highest BCUT2D eigenvalue weighted by atomic mass is 16.5. The van der Waals surface area contributed by atoms with Crippen molar-refractivity contribution in [3.63, 3.8) is 0 Å². The Bertz CT molecular complexity index is 367. The Morgan fingerprint density at radius 2 is 1.07 bits per heavy atom. The van der Waals surface area contributed by atoms with Crippen molar-refractivity contribution < 1.29 is 19.1 Å². The normalized spacial score (nSPS) is 13.9. The molecule has 0 bridgehead atoms. The molecule has 0 aliphatic heterocycles. The van der Waals surface area contributed by atoms with Gasteiger partial charge in [0.1, 0.15) is 13.2 Å². The molecule has 0 radical (unpaired) electrons. The highest BCUT2D eigenvalue weighted by molar-refractivity contribution is 5.73. The summed E-state index contributed by atoms with van der Waals surface area (Å²) < 4.78 is 11.4. The molecule has 4 heteroatoms. The number of hydrogen-bond acceptors (Lipinski definition) is 4. The van der Waals surface area contributed by atoms with Gasteiger partial charge in [-0.15, -0.1) is 0 Å². The van der Waals surface area contributed by atoms with E-state index in [2.05, 4.69) is 27.7 Å². The molecule has 160 valence electrons. The molecule has 0 N–H and O–H groups in total. The zero-order valence-electron chi connectivity index (χ0n) is 18.8. The van der Waals surface area contributed by atoms with E-state index in [1.807, 2.05) is 13.8 Å². The summed E-state index contributed by atoms with van der Waals surface area (Å²) in [7, 11) is 0. The predicted octanol–water partition coefficient (Wildman–Crippen LogP) is 6.31. The summed E-state index contributed by atoms with van der Waals surface area (Å²) in [6.45, 7) is 13.2. The van der Waals surface area contributed by atoms with Crippen LogP contribution in [0.5, 0.6) is 0 Å². The Morgan fingerprint density at radius 3 is 1.33 bits per heavy atom. The van der Waals surface area contributed by atoms with Crippen molar-refractivity contribution in [2.24, 2.45) is 17.3 Å². The van der Waals surface area contributed by atoms with Crippen molar-refractivity contribution >= 4 is 11.9 Å². The maximum absolute atomic E-state index is 12.4. The Labute approximate surface area is 167 Å². The smallest absolute Gasteiger partial charge is 0.308 e. The van der Waals surface area contributed by atoms with Crippen molar-refractivity contribution in [1.82, 2.24) is 0 Å². The van der Waals surface area contributed by atoms with Crippen molar-refractivity contribution in [3.05, 3.63) is 0 Å². The molecule has 0 amide bonds. The van der Waals surface area contributed by atoms with E-state index in [0.29, 0.717) is 13.2 Å². The summed E-state index contributed by atoms with van der Waals surface area (Å²) in [4.78, 5) is 24.9. The Hall–Kier alpha value is -1.06. The quantitative estimate of drug-likeness (QED) is 0.292. The van der Waals surface area contributed by atoms with Gasteiger partial charge in [0, 0.05) is 5.41 Å². The van der Waals surface area contributed by atoms with Gasteiger partial charge in [-0.2, -0.15) is 0 Å². The number of ether oxygens (including phenoxy) is 2. The van der Waals surface area contributed by atoms with Gasteiger partial charge in [0.25, 0.3) is 0 Å². The first-order chi connectivity index (χ1) is 12.9. The van der Waals surface area contributed by atoms with Crippen LogP contribution < -0.4 is 0 Å². The van der Waals surface area contributed by atoms with Crippen LogP contribution in [-0.4, -0.2) is 25.2 Å². The van der Waals surface area contributed by atoms with Crippen LogP contribution in [0.2, 0.25) is 0 Å². The van der Waals surface area contributed by atoms with Gasteiger partial charge in [-0.3, -0.25) is 9.59 Å². The Morgan fingerprint density at radius 1 is 0.704 bits per heavy atom. The van der Waals surface area contributed by atoms with Gasteiger partial charge in [-0.25, -0.2) is 0 Å². The maximum atomic E-state index is 12.4. The summed E-state index contributed by atoms with van der Waals surface area (Å²) >= 11 is 0. The lowest BCUT2D eigenvalue weighted by molar-refractivity contribution is -0.160. The summed E-state index contributed by atoms with van der Waals surface area (Å²) in [5.74, 6) is -0.231. The molecule has 0 aliphatic carbocycles. The standard InChI is InChI=1S/C23H44O4/c1-7-13-15-19(9-3)21(24)26-17-23(11-5,12-6)18-27-22(25)20(10-4)16-14-8-2/h19-20H,7-18H2,1-6H3. The van der Waals surface area contributed by atoms with Gasteiger partial charge in [-0.1, -0.05) is 67.2 Å². The minimum absolute atomic E-state index is 0.0163. The molecule has 0 aromatic carbocycles. The first-order valence-electron chi connectivity index (χ1n) is 11.3.